The van der Waals surface area contributed by atoms with Crippen LogP contribution in [-0.2, 0) is 14.6 Å². The molecule has 0 spiro atoms. The van der Waals surface area contributed by atoms with Crippen LogP contribution >= 0.6 is 11.3 Å². The Balaban J connectivity index is 2.06. The molecule has 1 aliphatic rings. The highest BCUT2D eigenvalue weighted by atomic mass is 32.2. The summed E-state index contributed by atoms with van der Waals surface area (Å²) in [6.07, 6.45) is 2.92. The summed E-state index contributed by atoms with van der Waals surface area (Å²) in [6.45, 7) is 4.87. The van der Waals surface area contributed by atoms with E-state index in [0.717, 1.165) is 35.5 Å². The summed E-state index contributed by atoms with van der Waals surface area (Å²) in [5, 5.41) is -1.23. The van der Waals surface area contributed by atoms with E-state index in [-0.39, 0.29) is 10.2 Å². The van der Waals surface area contributed by atoms with Crippen LogP contribution in [0.15, 0.2) is 34.7 Å². The lowest BCUT2D eigenvalue weighted by molar-refractivity contribution is -0.131. The number of benzene rings is 1. The molecule has 5 nitrogen and oxygen atoms in total. The van der Waals surface area contributed by atoms with Gasteiger partial charge >= 0.3 is 0 Å². The lowest BCUT2D eigenvalue weighted by Crippen LogP contribution is -2.41. The highest BCUT2D eigenvalue weighted by Crippen LogP contribution is 2.34. The molecule has 25 heavy (non-hydrogen) atoms. The molecule has 2 heterocycles. The third kappa shape index (κ3) is 3.62. The van der Waals surface area contributed by atoms with Crippen LogP contribution in [0.25, 0.3) is 0 Å². The second-order valence-corrected chi connectivity index (χ2v) is 9.75. The standard InChI is InChI=1S/C18H22N2O3S2/c1-13-14(2)24-18(19-13)25(22,23)16(15-9-5-3-6-10-15)17(21)20-11-7-4-8-12-20/h3,5-6,9-10,16H,4,7-8,11-12H2,1-2H3. The first-order valence-corrected chi connectivity index (χ1v) is 10.8. The van der Waals surface area contributed by atoms with E-state index in [0.29, 0.717) is 24.3 Å². The van der Waals surface area contributed by atoms with Crippen molar-refractivity contribution in [3.8, 4) is 0 Å². The Bertz CT molecular complexity index is 834. The fourth-order valence-electron chi connectivity index (χ4n) is 3.03. The van der Waals surface area contributed by atoms with Gasteiger partial charge in [-0.1, -0.05) is 30.3 Å². The number of thiazole rings is 1. The lowest BCUT2D eigenvalue weighted by atomic mass is 10.1. The van der Waals surface area contributed by atoms with Crippen molar-refractivity contribution in [3.63, 3.8) is 0 Å². The molecule has 1 aliphatic heterocycles. The number of rotatable bonds is 4. The van der Waals surface area contributed by atoms with Crippen molar-refractivity contribution in [1.29, 1.82) is 0 Å². The molecule has 1 saturated heterocycles. The van der Waals surface area contributed by atoms with Crippen LogP contribution in [0.4, 0.5) is 0 Å². The Morgan fingerprint density at radius 3 is 2.32 bits per heavy atom. The van der Waals surface area contributed by atoms with E-state index in [1.54, 1.807) is 36.1 Å². The molecule has 1 fully saturated rings. The lowest BCUT2D eigenvalue weighted by Gasteiger charge is -2.30. The van der Waals surface area contributed by atoms with Crippen LogP contribution in [0.1, 0.15) is 40.6 Å². The van der Waals surface area contributed by atoms with Crippen LogP contribution in [0.5, 0.6) is 0 Å². The summed E-state index contributed by atoms with van der Waals surface area (Å²) in [6, 6.07) is 8.75. The minimum absolute atomic E-state index is 0.0294. The zero-order valence-electron chi connectivity index (χ0n) is 14.4. The number of nitrogens with zero attached hydrogens (tertiary/aromatic N) is 2. The Morgan fingerprint density at radius 2 is 1.76 bits per heavy atom. The number of hydrogen-bond acceptors (Lipinski definition) is 5. The highest BCUT2D eigenvalue weighted by Gasteiger charge is 2.40. The summed E-state index contributed by atoms with van der Waals surface area (Å²) in [7, 11) is -3.89. The molecule has 0 bridgehead atoms. The SMILES string of the molecule is Cc1nc(S(=O)(=O)C(C(=O)N2CCCCC2)c2ccccc2)sc1C. The van der Waals surface area contributed by atoms with Crippen molar-refractivity contribution in [3.05, 3.63) is 46.5 Å². The van der Waals surface area contributed by atoms with Crippen molar-refractivity contribution < 1.29 is 13.2 Å². The second kappa shape index (κ2) is 7.25. The van der Waals surface area contributed by atoms with Gasteiger partial charge in [-0.05, 0) is 38.7 Å². The van der Waals surface area contributed by atoms with Gasteiger partial charge in [0.1, 0.15) is 0 Å². The van der Waals surface area contributed by atoms with Crippen LogP contribution < -0.4 is 0 Å². The Morgan fingerprint density at radius 1 is 1.12 bits per heavy atom. The smallest absolute Gasteiger partial charge is 0.245 e. The Labute approximate surface area is 152 Å². The molecule has 0 N–H and O–H groups in total. The van der Waals surface area contributed by atoms with Crippen molar-refractivity contribution in [2.24, 2.45) is 0 Å². The number of carbonyl (C=O) groups is 1. The molecular weight excluding hydrogens is 356 g/mol. The number of amides is 1. The molecule has 1 aromatic carbocycles. The van der Waals surface area contributed by atoms with Crippen LogP contribution in [0, 0.1) is 13.8 Å². The van der Waals surface area contributed by atoms with Gasteiger partial charge in [0.05, 0.1) is 5.69 Å². The van der Waals surface area contributed by atoms with Gasteiger partial charge in [0.15, 0.2) is 5.25 Å². The fraction of sp³-hybridized carbons (Fsp3) is 0.444. The predicted octanol–water partition coefficient (Wildman–Crippen LogP) is 3.29. The summed E-state index contributed by atoms with van der Waals surface area (Å²) in [5.41, 5.74) is 1.20. The summed E-state index contributed by atoms with van der Waals surface area (Å²) >= 11 is 1.14. The minimum Gasteiger partial charge on any atom is -0.341 e. The molecule has 134 valence electrons. The van der Waals surface area contributed by atoms with E-state index < -0.39 is 15.1 Å². The maximum absolute atomic E-state index is 13.3. The summed E-state index contributed by atoms with van der Waals surface area (Å²) in [4.78, 5) is 19.9. The third-order valence-corrected chi connectivity index (χ3v) is 8.04. The van der Waals surface area contributed by atoms with Crippen molar-refractivity contribution in [1.82, 2.24) is 9.88 Å². The van der Waals surface area contributed by atoms with Crippen LogP contribution in [0.3, 0.4) is 0 Å². The molecular formula is C18H22N2O3S2. The summed E-state index contributed by atoms with van der Waals surface area (Å²) in [5.74, 6) is -0.337. The van der Waals surface area contributed by atoms with Gasteiger partial charge in [-0.3, -0.25) is 4.79 Å². The average molecular weight is 379 g/mol. The van der Waals surface area contributed by atoms with E-state index >= 15 is 0 Å². The van der Waals surface area contributed by atoms with Gasteiger partial charge in [-0.25, -0.2) is 13.4 Å². The van der Waals surface area contributed by atoms with E-state index in [9.17, 15) is 13.2 Å². The molecule has 2 aromatic rings. The predicted molar refractivity (Wildman–Crippen MR) is 98.4 cm³/mol. The van der Waals surface area contributed by atoms with Gasteiger partial charge in [-0.15, -0.1) is 11.3 Å². The number of likely N-dealkylation sites (tertiary alicyclic amines) is 1. The molecule has 0 aliphatic carbocycles. The van der Waals surface area contributed by atoms with Gasteiger partial charge in [0, 0.05) is 18.0 Å². The van der Waals surface area contributed by atoms with Gasteiger partial charge in [0.25, 0.3) is 0 Å². The molecule has 1 unspecified atom stereocenters. The van der Waals surface area contributed by atoms with Crippen molar-refractivity contribution >= 4 is 27.1 Å². The maximum atomic E-state index is 13.3. The minimum atomic E-state index is -3.89. The number of sulfone groups is 1. The molecule has 7 heteroatoms. The molecule has 1 aromatic heterocycles. The first kappa shape index (κ1) is 18.1. The van der Waals surface area contributed by atoms with Gasteiger partial charge in [-0.2, -0.15) is 0 Å². The van der Waals surface area contributed by atoms with Crippen molar-refractivity contribution in [2.45, 2.75) is 42.7 Å². The molecule has 0 radical (unpaired) electrons. The van der Waals surface area contributed by atoms with Crippen LogP contribution in [-0.4, -0.2) is 37.3 Å². The zero-order valence-corrected chi connectivity index (χ0v) is 16.1. The van der Waals surface area contributed by atoms with E-state index in [1.165, 1.54) is 0 Å². The van der Waals surface area contributed by atoms with Gasteiger partial charge in [0.2, 0.25) is 20.1 Å². The average Bonchev–Trinajstić information content (AvgIpc) is 2.96. The van der Waals surface area contributed by atoms with E-state index in [2.05, 4.69) is 4.98 Å². The van der Waals surface area contributed by atoms with Crippen molar-refractivity contribution in [2.75, 3.05) is 13.1 Å². The highest BCUT2D eigenvalue weighted by molar-refractivity contribution is 7.94. The number of aryl methyl sites for hydroxylation is 2. The molecule has 1 atom stereocenters. The second-order valence-electron chi connectivity index (χ2n) is 6.34. The third-order valence-electron chi connectivity index (χ3n) is 4.56. The van der Waals surface area contributed by atoms with Gasteiger partial charge < -0.3 is 4.90 Å². The molecule has 1 amide bonds. The molecule has 3 rings (SSSR count). The number of piperidine rings is 1. The monoisotopic (exact) mass is 378 g/mol. The fourth-order valence-corrected chi connectivity index (χ4v) is 6.19. The molecule has 0 saturated carbocycles. The Hall–Kier alpha value is -1.73. The maximum Gasteiger partial charge on any atom is 0.245 e. The van der Waals surface area contributed by atoms with Crippen LogP contribution in [0.2, 0.25) is 0 Å². The summed E-state index contributed by atoms with van der Waals surface area (Å²) < 4.78 is 26.6. The first-order chi connectivity index (χ1) is 11.9. The number of carbonyl (C=O) groups excluding carboxylic acids is 1. The topological polar surface area (TPSA) is 67.3 Å². The first-order valence-electron chi connectivity index (χ1n) is 8.43. The number of aromatic nitrogens is 1. The number of hydrogen-bond donors (Lipinski definition) is 0. The van der Waals surface area contributed by atoms with E-state index in [4.69, 9.17) is 0 Å². The Kier molecular flexibility index (Phi) is 5.24. The quantitative estimate of drug-likeness (QED) is 0.819. The van der Waals surface area contributed by atoms with E-state index in [1.807, 2.05) is 13.0 Å². The zero-order chi connectivity index (χ0) is 18.0. The normalized spacial score (nSPS) is 16.6. The largest absolute Gasteiger partial charge is 0.341 e.